The number of ether oxygens (including phenoxy) is 1. The molecule has 1 amide bonds. The van der Waals surface area contributed by atoms with E-state index in [1.54, 1.807) is 0 Å². The maximum atomic E-state index is 12.1. The highest BCUT2D eigenvalue weighted by Crippen LogP contribution is 2.32. The van der Waals surface area contributed by atoms with Crippen LogP contribution in [0.4, 0.5) is 18.9 Å². The van der Waals surface area contributed by atoms with Gasteiger partial charge in [-0.25, -0.2) is 4.98 Å². The minimum Gasteiger partial charge on any atom is -0.403 e. The summed E-state index contributed by atoms with van der Waals surface area (Å²) in [6, 6.07) is 1.42. The van der Waals surface area contributed by atoms with Crippen molar-refractivity contribution in [2.45, 2.75) is 6.36 Å². The third kappa shape index (κ3) is 2.75. The lowest BCUT2D eigenvalue weighted by molar-refractivity contribution is -0.274. The van der Waals surface area contributed by atoms with Gasteiger partial charge in [-0.2, -0.15) is 5.26 Å². The summed E-state index contributed by atoms with van der Waals surface area (Å²) in [6.07, 6.45) is -4.29. The van der Waals surface area contributed by atoms with Gasteiger partial charge in [0, 0.05) is 0 Å². The molecule has 0 saturated carbocycles. The summed E-state index contributed by atoms with van der Waals surface area (Å²) in [5.74, 6) is -2.31. The molecule has 0 aliphatic carbocycles. The molecule has 1 heterocycles. The van der Waals surface area contributed by atoms with E-state index in [1.807, 2.05) is 0 Å². The van der Waals surface area contributed by atoms with E-state index in [2.05, 4.69) is 9.72 Å². The van der Waals surface area contributed by atoms with Gasteiger partial charge in [0.2, 0.25) is 0 Å². The van der Waals surface area contributed by atoms with Crippen LogP contribution in [0.15, 0.2) is 6.20 Å². The summed E-state index contributed by atoms with van der Waals surface area (Å²) in [4.78, 5) is 14.3. The number of pyridine rings is 1. The van der Waals surface area contributed by atoms with E-state index < -0.39 is 35.0 Å². The van der Waals surface area contributed by atoms with Crippen LogP contribution in [0, 0.1) is 11.3 Å². The van der Waals surface area contributed by atoms with E-state index in [0.29, 0.717) is 0 Å². The van der Waals surface area contributed by atoms with Crippen LogP contribution in [0.3, 0.4) is 0 Å². The topological polar surface area (TPSA) is 115 Å². The van der Waals surface area contributed by atoms with E-state index in [4.69, 9.17) is 16.7 Å². The molecule has 6 nitrogen and oxygen atoms in total. The molecule has 0 atom stereocenters. The molecule has 0 aliphatic rings. The third-order valence-corrected chi connectivity index (χ3v) is 1.63. The number of primary amides is 1. The Hall–Kier alpha value is -2.50. The zero-order chi connectivity index (χ0) is 13.2. The summed E-state index contributed by atoms with van der Waals surface area (Å²) in [7, 11) is 0. The number of amides is 1. The van der Waals surface area contributed by atoms with Gasteiger partial charge in [-0.15, -0.1) is 13.2 Å². The minimum atomic E-state index is -5.06. The van der Waals surface area contributed by atoms with Crippen molar-refractivity contribution in [3.8, 4) is 11.8 Å². The number of alkyl halides is 3. The molecule has 0 radical (unpaired) electrons. The number of halogens is 3. The highest BCUT2D eigenvalue weighted by atomic mass is 19.4. The molecule has 0 spiro atoms. The molecule has 1 rings (SSSR count). The summed E-state index contributed by atoms with van der Waals surface area (Å²) in [5, 5.41) is 8.58. The van der Waals surface area contributed by atoms with Crippen molar-refractivity contribution in [2.75, 3.05) is 5.73 Å². The van der Waals surface area contributed by atoms with Gasteiger partial charge in [-0.1, -0.05) is 0 Å². The van der Waals surface area contributed by atoms with E-state index in [1.165, 1.54) is 6.07 Å². The summed E-state index contributed by atoms with van der Waals surface area (Å²) in [6.45, 7) is 0. The average Bonchev–Trinajstić information content (AvgIpc) is 2.18. The lowest BCUT2D eigenvalue weighted by atomic mass is 10.1. The fourth-order valence-corrected chi connectivity index (χ4v) is 1.05. The second-order valence-corrected chi connectivity index (χ2v) is 2.79. The van der Waals surface area contributed by atoms with Crippen LogP contribution in [0.1, 0.15) is 16.1 Å². The second-order valence-electron chi connectivity index (χ2n) is 2.79. The molecule has 0 fully saturated rings. The number of rotatable bonds is 2. The molecule has 17 heavy (non-hydrogen) atoms. The zero-order valence-corrected chi connectivity index (χ0v) is 8.08. The predicted molar refractivity (Wildman–Crippen MR) is 48.6 cm³/mol. The number of nitrogens with two attached hydrogens (primary N) is 2. The van der Waals surface area contributed by atoms with Crippen molar-refractivity contribution in [3.63, 3.8) is 0 Å². The number of hydrogen-bond donors (Lipinski definition) is 2. The van der Waals surface area contributed by atoms with Gasteiger partial charge in [0.15, 0.2) is 11.4 Å². The lowest BCUT2D eigenvalue weighted by Crippen LogP contribution is -2.23. The van der Waals surface area contributed by atoms with Gasteiger partial charge in [0.05, 0.1) is 11.9 Å². The molecule has 4 N–H and O–H groups in total. The van der Waals surface area contributed by atoms with Crippen molar-refractivity contribution in [2.24, 2.45) is 5.73 Å². The number of nitriles is 1. The first-order valence-corrected chi connectivity index (χ1v) is 4.00. The summed E-state index contributed by atoms with van der Waals surface area (Å²) in [5.41, 5.74) is 8.09. The van der Waals surface area contributed by atoms with Crippen LogP contribution in [-0.4, -0.2) is 17.3 Å². The first-order valence-electron chi connectivity index (χ1n) is 4.00. The number of nitrogens with zero attached hydrogens (tertiary/aromatic N) is 2. The maximum absolute atomic E-state index is 12.1. The van der Waals surface area contributed by atoms with E-state index in [0.717, 1.165) is 6.20 Å². The quantitative estimate of drug-likeness (QED) is 0.789. The average molecular weight is 246 g/mol. The number of carbonyl (C=O) groups is 1. The molecule has 0 aromatic carbocycles. The van der Waals surface area contributed by atoms with Crippen molar-refractivity contribution >= 4 is 11.6 Å². The second kappa shape index (κ2) is 4.17. The third-order valence-electron chi connectivity index (χ3n) is 1.63. The van der Waals surface area contributed by atoms with Crippen LogP contribution in [0.2, 0.25) is 0 Å². The standard InChI is InChI=1S/C8H5F3N4O2/c9-8(10,11)17-6-3(13)2-15-4(1-12)5(6)7(14)16/h2H,13H2,(H2,14,16). The van der Waals surface area contributed by atoms with Gasteiger partial charge in [0.25, 0.3) is 5.91 Å². The Morgan fingerprint density at radius 2 is 2.12 bits per heavy atom. The highest BCUT2D eigenvalue weighted by molar-refractivity contribution is 5.99. The van der Waals surface area contributed by atoms with Crippen molar-refractivity contribution in [1.82, 2.24) is 4.98 Å². The number of nitrogen functional groups attached to an aromatic ring is 1. The Kier molecular flexibility index (Phi) is 3.08. The zero-order valence-electron chi connectivity index (χ0n) is 8.08. The molecule has 0 saturated heterocycles. The van der Waals surface area contributed by atoms with Crippen LogP contribution in [0.25, 0.3) is 0 Å². The van der Waals surface area contributed by atoms with E-state index in [9.17, 15) is 18.0 Å². The first-order chi connectivity index (χ1) is 7.76. The number of anilines is 1. The molecule has 1 aromatic rings. The molecular weight excluding hydrogens is 241 g/mol. The highest BCUT2D eigenvalue weighted by Gasteiger charge is 2.35. The van der Waals surface area contributed by atoms with E-state index in [-0.39, 0.29) is 0 Å². The molecule has 0 aliphatic heterocycles. The van der Waals surface area contributed by atoms with Gasteiger partial charge >= 0.3 is 6.36 Å². The SMILES string of the molecule is N#Cc1ncc(N)c(OC(F)(F)F)c1C(N)=O. The molecule has 9 heteroatoms. The largest absolute Gasteiger partial charge is 0.573 e. The fourth-order valence-electron chi connectivity index (χ4n) is 1.05. The molecule has 0 unspecified atom stereocenters. The van der Waals surface area contributed by atoms with E-state index >= 15 is 0 Å². The Morgan fingerprint density at radius 3 is 2.53 bits per heavy atom. The van der Waals surface area contributed by atoms with Gasteiger partial charge in [0.1, 0.15) is 11.6 Å². The van der Waals surface area contributed by atoms with Crippen molar-refractivity contribution in [1.29, 1.82) is 5.26 Å². The predicted octanol–water partition coefficient (Wildman–Crippen LogP) is 0.533. The Bertz CT molecular complexity index is 507. The van der Waals surface area contributed by atoms with Crippen LogP contribution >= 0.6 is 0 Å². The van der Waals surface area contributed by atoms with Crippen molar-refractivity contribution in [3.05, 3.63) is 17.5 Å². The minimum absolute atomic E-state index is 0.546. The number of hydrogen-bond acceptors (Lipinski definition) is 5. The summed E-state index contributed by atoms with van der Waals surface area (Å²) < 4.78 is 39.8. The smallest absolute Gasteiger partial charge is 0.403 e. The molecular formula is C8H5F3N4O2. The first kappa shape index (κ1) is 12.6. The molecule has 90 valence electrons. The lowest BCUT2D eigenvalue weighted by Gasteiger charge is -2.13. The molecule has 0 bridgehead atoms. The number of aromatic nitrogens is 1. The summed E-state index contributed by atoms with van der Waals surface area (Å²) >= 11 is 0. The molecule has 1 aromatic heterocycles. The van der Waals surface area contributed by atoms with Gasteiger partial charge in [-0.3, -0.25) is 4.79 Å². The van der Waals surface area contributed by atoms with Crippen LogP contribution in [0.5, 0.6) is 5.75 Å². The van der Waals surface area contributed by atoms with Gasteiger partial charge < -0.3 is 16.2 Å². The Balaban J connectivity index is 3.46. The normalized spacial score (nSPS) is 10.7. The number of carbonyl (C=O) groups excluding carboxylic acids is 1. The maximum Gasteiger partial charge on any atom is 0.573 e. The van der Waals surface area contributed by atoms with Crippen LogP contribution < -0.4 is 16.2 Å². The fraction of sp³-hybridized carbons (Fsp3) is 0.125. The van der Waals surface area contributed by atoms with Crippen molar-refractivity contribution < 1.29 is 22.7 Å². The van der Waals surface area contributed by atoms with Gasteiger partial charge in [-0.05, 0) is 0 Å². The van der Waals surface area contributed by atoms with Crippen LogP contribution in [-0.2, 0) is 0 Å². The Labute approximate surface area is 92.6 Å². The monoisotopic (exact) mass is 246 g/mol. The Morgan fingerprint density at radius 1 is 1.53 bits per heavy atom.